The zero-order valence-electron chi connectivity index (χ0n) is 14.2. The number of thiophene rings is 1. The second kappa shape index (κ2) is 6.69. The fraction of sp³-hybridized carbons (Fsp3) is 0. The maximum Gasteiger partial charge on any atom is 0.0406 e. The van der Waals surface area contributed by atoms with Crippen LogP contribution in [0.2, 0.25) is 10.0 Å². The molecular formula is C24H14Cl2S. The van der Waals surface area contributed by atoms with E-state index in [0.717, 1.165) is 21.2 Å². The van der Waals surface area contributed by atoms with Crippen LogP contribution < -0.4 is 0 Å². The van der Waals surface area contributed by atoms with Crippen molar-refractivity contribution in [2.45, 2.75) is 0 Å². The highest BCUT2D eigenvalue weighted by Gasteiger charge is 2.13. The van der Waals surface area contributed by atoms with Crippen LogP contribution in [0.25, 0.3) is 42.4 Å². The van der Waals surface area contributed by atoms with Gasteiger partial charge in [-0.2, -0.15) is 0 Å². The van der Waals surface area contributed by atoms with Crippen molar-refractivity contribution >= 4 is 54.7 Å². The van der Waals surface area contributed by atoms with Crippen LogP contribution in [0.1, 0.15) is 0 Å². The van der Waals surface area contributed by atoms with Crippen LogP contribution in [-0.4, -0.2) is 0 Å². The Kier molecular flexibility index (Phi) is 4.17. The van der Waals surface area contributed by atoms with Gasteiger partial charge in [0.25, 0.3) is 0 Å². The largest absolute Gasteiger partial charge is 0.135 e. The van der Waals surface area contributed by atoms with Gasteiger partial charge in [-0.25, -0.2) is 0 Å². The molecule has 1 aromatic heterocycles. The summed E-state index contributed by atoms with van der Waals surface area (Å²) < 4.78 is 2.60. The molecule has 0 aliphatic carbocycles. The highest BCUT2D eigenvalue weighted by molar-refractivity contribution is 7.25. The van der Waals surface area contributed by atoms with Crippen molar-refractivity contribution in [3.8, 4) is 22.3 Å². The second-order valence-corrected chi connectivity index (χ2v) is 8.46. The monoisotopic (exact) mass is 404 g/mol. The molecule has 0 amide bonds. The zero-order valence-corrected chi connectivity index (χ0v) is 16.6. The minimum Gasteiger partial charge on any atom is -0.135 e. The first kappa shape index (κ1) is 16.8. The molecule has 0 nitrogen and oxygen atoms in total. The number of hydrogen-bond acceptors (Lipinski definition) is 1. The summed E-state index contributed by atoms with van der Waals surface area (Å²) in [6, 6.07) is 29.3. The summed E-state index contributed by atoms with van der Waals surface area (Å²) in [5.41, 5.74) is 4.71. The summed E-state index contributed by atoms with van der Waals surface area (Å²) in [7, 11) is 0. The molecule has 0 radical (unpaired) electrons. The summed E-state index contributed by atoms with van der Waals surface area (Å²) in [4.78, 5) is 0. The van der Waals surface area contributed by atoms with E-state index in [-0.39, 0.29) is 0 Å². The lowest BCUT2D eigenvalue weighted by Crippen LogP contribution is -1.86. The molecule has 0 saturated carbocycles. The number of benzene rings is 4. The van der Waals surface area contributed by atoms with E-state index in [1.165, 1.54) is 31.3 Å². The van der Waals surface area contributed by atoms with E-state index < -0.39 is 0 Å². The van der Waals surface area contributed by atoms with Gasteiger partial charge in [-0.05, 0) is 64.7 Å². The molecule has 0 aliphatic heterocycles. The molecule has 4 aromatic carbocycles. The molecule has 5 rings (SSSR count). The molecule has 0 atom stereocenters. The Hall–Kier alpha value is -2.32. The van der Waals surface area contributed by atoms with Crippen LogP contribution in [-0.2, 0) is 0 Å². The number of fused-ring (bicyclic) bond motifs is 3. The molecule has 5 aromatic rings. The Morgan fingerprint density at radius 1 is 0.519 bits per heavy atom. The standard InChI is InChI=1S/C24H14Cl2S/c25-17-9-5-15(6-10-17)20-13-22-19-3-1-2-4-23(19)27-24(22)14-21(20)16-7-11-18(26)12-8-16/h1-14H. The minimum absolute atomic E-state index is 0.744. The highest BCUT2D eigenvalue weighted by Crippen LogP contribution is 2.42. The van der Waals surface area contributed by atoms with Crippen molar-refractivity contribution in [1.29, 1.82) is 0 Å². The van der Waals surface area contributed by atoms with E-state index in [9.17, 15) is 0 Å². The third-order valence-corrected chi connectivity index (χ3v) is 6.46. The van der Waals surface area contributed by atoms with Crippen LogP contribution >= 0.6 is 34.5 Å². The van der Waals surface area contributed by atoms with Crippen molar-refractivity contribution < 1.29 is 0 Å². The van der Waals surface area contributed by atoms with Gasteiger partial charge in [-0.3, -0.25) is 0 Å². The number of halogens is 2. The van der Waals surface area contributed by atoms with Gasteiger partial charge in [0.05, 0.1) is 0 Å². The van der Waals surface area contributed by atoms with E-state index in [1.807, 2.05) is 35.6 Å². The molecule has 0 N–H and O–H groups in total. The minimum atomic E-state index is 0.744. The van der Waals surface area contributed by atoms with Crippen LogP contribution in [0.4, 0.5) is 0 Å². The van der Waals surface area contributed by atoms with E-state index in [0.29, 0.717) is 0 Å². The summed E-state index contributed by atoms with van der Waals surface area (Å²) >= 11 is 14.1. The Morgan fingerprint density at radius 3 is 1.70 bits per heavy atom. The fourth-order valence-corrected chi connectivity index (χ4v) is 4.89. The van der Waals surface area contributed by atoms with Gasteiger partial charge in [0.1, 0.15) is 0 Å². The highest BCUT2D eigenvalue weighted by atomic mass is 35.5. The molecule has 0 unspecified atom stereocenters. The van der Waals surface area contributed by atoms with Crippen LogP contribution in [0.15, 0.2) is 84.9 Å². The Morgan fingerprint density at radius 2 is 1.07 bits per heavy atom. The van der Waals surface area contributed by atoms with E-state index in [4.69, 9.17) is 23.2 Å². The van der Waals surface area contributed by atoms with Gasteiger partial charge in [-0.1, -0.05) is 65.7 Å². The molecule has 0 spiro atoms. The number of rotatable bonds is 2. The van der Waals surface area contributed by atoms with Crippen molar-refractivity contribution in [1.82, 2.24) is 0 Å². The van der Waals surface area contributed by atoms with Gasteiger partial charge in [0.2, 0.25) is 0 Å². The van der Waals surface area contributed by atoms with Gasteiger partial charge >= 0.3 is 0 Å². The maximum atomic E-state index is 6.12. The molecule has 130 valence electrons. The Labute approximate surface area is 171 Å². The third kappa shape index (κ3) is 3.02. The van der Waals surface area contributed by atoms with Crippen molar-refractivity contribution in [2.24, 2.45) is 0 Å². The smallest absolute Gasteiger partial charge is 0.0406 e. The average molecular weight is 405 g/mol. The van der Waals surface area contributed by atoms with Gasteiger partial charge in [0.15, 0.2) is 0 Å². The predicted molar refractivity (Wildman–Crippen MR) is 120 cm³/mol. The lowest BCUT2D eigenvalue weighted by Gasteiger charge is -2.12. The molecule has 0 fully saturated rings. The lowest BCUT2D eigenvalue weighted by atomic mass is 9.93. The average Bonchev–Trinajstić information content (AvgIpc) is 3.06. The van der Waals surface area contributed by atoms with Gasteiger partial charge in [-0.15, -0.1) is 11.3 Å². The summed E-state index contributed by atoms with van der Waals surface area (Å²) in [5.74, 6) is 0. The van der Waals surface area contributed by atoms with E-state index >= 15 is 0 Å². The van der Waals surface area contributed by atoms with Crippen molar-refractivity contribution in [2.75, 3.05) is 0 Å². The molecular weight excluding hydrogens is 391 g/mol. The second-order valence-electron chi connectivity index (χ2n) is 6.51. The summed E-state index contributed by atoms with van der Waals surface area (Å²) in [6.45, 7) is 0. The molecule has 1 heterocycles. The maximum absolute atomic E-state index is 6.12. The fourth-order valence-electron chi connectivity index (χ4n) is 3.51. The lowest BCUT2D eigenvalue weighted by molar-refractivity contribution is 1.61. The topological polar surface area (TPSA) is 0 Å². The van der Waals surface area contributed by atoms with E-state index in [2.05, 4.69) is 60.7 Å². The van der Waals surface area contributed by atoms with Crippen LogP contribution in [0, 0.1) is 0 Å². The number of hydrogen-bond donors (Lipinski definition) is 0. The Balaban J connectivity index is 1.85. The van der Waals surface area contributed by atoms with Gasteiger partial charge in [0, 0.05) is 30.2 Å². The van der Waals surface area contributed by atoms with E-state index in [1.54, 1.807) is 0 Å². The first-order chi connectivity index (χ1) is 13.2. The normalized spacial score (nSPS) is 11.3. The van der Waals surface area contributed by atoms with Crippen LogP contribution in [0.5, 0.6) is 0 Å². The Bertz CT molecular complexity index is 1270. The summed E-state index contributed by atoms with van der Waals surface area (Å²) in [5, 5.41) is 4.08. The van der Waals surface area contributed by atoms with Gasteiger partial charge < -0.3 is 0 Å². The first-order valence-corrected chi connectivity index (χ1v) is 10.2. The molecule has 27 heavy (non-hydrogen) atoms. The van der Waals surface area contributed by atoms with Crippen LogP contribution in [0.3, 0.4) is 0 Å². The zero-order chi connectivity index (χ0) is 18.4. The first-order valence-electron chi connectivity index (χ1n) is 8.66. The van der Waals surface area contributed by atoms with Crippen molar-refractivity contribution in [3.63, 3.8) is 0 Å². The SMILES string of the molecule is Clc1ccc(-c2cc3sc4ccccc4c3cc2-c2ccc(Cl)cc2)cc1. The quantitative estimate of drug-likeness (QED) is 0.276. The molecule has 0 aliphatic rings. The van der Waals surface area contributed by atoms with Crippen molar-refractivity contribution in [3.05, 3.63) is 95.0 Å². The molecule has 0 saturated heterocycles. The molecule has 0 bridgehead atoms. The molecule has 3 heteroatoms. The summed E-state index contributed by atoms with van der Waals surface area (Å²) in [6.07, 6.45) is 0. The third-order valence-electron chi connectivity index (χ3n) is 4.83. The predicted octanol–water partition coefficient (Wildman–Crippen LogP) is 8.70.